The highest BCUT2D eigenvalue weighted by molar-refractivity contribution is 6.02. The topological polar surface area (TPSA) is 0 Å². The third-order valence-electron chi connectivity index (χ3n) is 9.24. The molecule has 180 valence electrons. The highest BCUT2D eigenvalue weighted by Gasteiger charge is 2.47. The summed E-state index contributed by atoms with van der Waals surface area (Å²) >= 11 is 0. The van der Waals surface area contributed by atoms with Crippen molar-refractivity contribution in [2.75, 3.05) is 0 Å². The van der Waals surface area contributed by atoms with Crippen LogP contribution in [-0.2, 0) is 0 Å². The van der Waals surface area contributed by atoms with Crippen LogP contribution in [0, 0.1) is 17.8 Å². The van der Waals surface area contributed by atoms with Gasteiger partial charge in [0.2, 0.25) is 0 Å². The van der Waals surface area contributed by atoms with Crippen LogP contribution >= 0.6 is 0 Å². The van der Waals surface area contributed by atoms with Crippen molar-refractivity contribution >= 4 is 0 Å². The van der Waals surface area contributed by atoms with Gasteiger partial charge in [-0.15, -0.1) is 0 Å². The van der Waals surface area contributed by atoms with Crippen molar-refractivity contribution in [1.82, 2.24) is 0 Å². The van der Waals surface area contributed by atoms with Gasteiger partial charge in [-0.3, -0.25) is 0 Å². The van der Waals surface area contributed by atoms with E-state index in [0.29, 0.717) is 35.5 Å². The van der Waals surface area contributed by atoms with Crippen molar-refractivity contribution in [3.05, 3.63) is 106 Å². The normalized spacial score (nSPS) is 20.4. The molecule has 0 saturated carbocycles. The summed E-state index contributed by atoms with van der Waals surface area (Å²) in [6.45, 7) is 14.5. The maximum absolute atomic E-state index is 2.42. The van der Waals surface area contributed by atoms with Gasteiger partial charge in [0, 0.05) is 17.8 Å². The van der Waals surface area contributed by atoms with E-state index in [1.165, 1.54) is 33.4 Å². The molecule has 0 N–H and O–H groups in total. The molecule has 0 amide bonds. The fraction of sp³-hybridized carbons (Fsp3) is 0.333. The fourth-order valence-corrected chi connectivity index (χ4v) is 8.15. The first-order chi connectivity index (χ1) is 17.4. The fourth-order valence-electron chi connectivity index (χ4n) is 8.15. The highest BCUT2D eigenvalue weighted by Crippen LogP contribution is 2.66. The van der Waals surface area contributed by atoms with Crippen LogP contribution in [0.1, 0.15) is 92.7 Å². The predicted octanol–water partition coefficient (Wildman–Crippen LogP) is 9.99. The van der Waals surface area contributed by atoms with Gasteiger partial charge in [-0.2, -0.15) is 0 Å². The standard InChI is InChI=1S/C36H36/c1-19(2)28-22-13-7-10-16-25(22)31-34(28)32-26-17-11-8-14-23(26)29(20(3)4)36(32)33-27-18-12-9-15-24(27)30(21(5)6)35(31)33/h7-21,28-30H,1-6H3/t28-,29-,30+/m0/s1. The summed E-state index contributed by atoms with van der Waals surface area (Å²) in [5.74, 6) is 2.94. The van der Waals surface area contributed by atoms with Crippen LogP contribution in [0.25, 0.3) is 33.4 Å². The van der Waals surface area contributed by atoms with Crippen LogP contribution in [0.4, 0.5) is 0 Å². The van der Waals surface area contributed by atoms with Gasteiger partial charge in [0.1, 0.15) is 0 Å². The smallest absolute Gasteiger partial charge is 0.0131 e. The molecule has 0 heteroatoms. The molecule has 36 heavy (non-hydrogen) atoms. The quantitative estimate of drug-likeness (QED) is 0.280. The SMILES string of the molecule is CC(C)[C@@H]1c2ccccc2-c2c1c1c(c3c2[C@@H](C(C)C)c2ccccc2-3)[C@@H](C(C)C)c2ccccc2-1. The Morgan fingerprint density at radius 2 is 0.639 bits per heavy atom. The lowest BCUT2D eigenvalue weighted by Crippen LogP contribution is -2.12. The highest BCUT2D eigenvalue weighted by atomic mass is 14.5. The summed E-state index contributed by atoms with van der Waals surface area (Å²) in [7, 11) is 0. The number of hydrogen-bond acceptors (Lipinski definition) is 0. The third-order valence-corrected chi connectivity index (χ3v) is 9.24. The molecule has 0 nitrogen and oxygen atoms in total. The Hall–Kier alpha value is -3.12. The largest absolute Gasteiger partial charge is 0.0619 e. The van der Waals surface area contributed by atoms with Crippen LogP contribution < -0.4 is 0 Å². The Balaban J connectivity index is 1.73. The molecule has 3 atom stereocenters. The minimum absolute atomic E-state index is 0.436. The second kappa shape index (κ2) is 7.69. The summed E-state index contributed by atoms with van der Waals surface area (Å²) in [5.41, 5.74) is 18.6. The molecule has 0 heterocycles. The van der Waals surface area contributed by atoms with Crippen molar-refractivity contribution in [3.8, 4) is 33.4 Å². The molecule has 0 unspecified atom stereocenters. The van der Waals surface area contributed by atoms with E-state index in [0.717, 1.165) is 0 Å². The zero-order valence-corrected chi connectivity index (χ0v) is 22.4. The van der Waals surface area contributed by atoms with Crippen molar-refractivity contribution in [1.29, 1.82) is 0 Å². The molecule has 7 rings (SSSR count). The minimum atomic E-state index is 0.436. The van der Waals surface area contributed by atoms with Crippen molar-refractivity contribution in [3.63, 3.8) is 0 Å². The molecule has 0 spiro atoms. The third kappa shape index (κ3) is 2.66. The van der Waals surface area contributed by atoms with Gasteiger partial charge >= 0.3 is 0 Å². The minimum Gasteiger partial charge on any atom is -0.0619 e. The molecule has 0 aromatic heterocycles. The van der Waals surface area contributed by atoms with Gasteiger partial charge in [0.15, 0.2) is 0 Å². The van der Waals surface area contributed by atoms with Gasteiger partial charge in [-0.1, -0.05) is 114 Å². The molecule has 0 saturated heterocycles. The molecule has 0 bridgehead atoms. The van der Waals surface area contributed by atoms with E-state index >= 15 is 0 Å². The number of benzene rings is 4. The summed E-state index contributed by atoms with van der Waals surface area (Å²) < 4.78 is 0. The van der Waals surface area contributed by atoms with Crippen LogP contribution in [-0.4, -0.2) is 0 Å². The summed E-state index contributed by atoms with van der Waals surface area (Å²) in [5, 5.41) is 0. The molecular weight excluding hydrogens is 432 g/mol. The molecule has 0 radical (unpaired) electrons. The van der Waals surface area contributed by atoms with Crippen LogP contribution in [0.5, 0.6) is 0 Å². The number of rotatable bonds is 3. The van der Waals surface area contributed by atoms with Gasteiger partial charge in [0.05, 0.1) is 0 Å². The van der Waals surface area contributed by atoms with Crippen LogP contribution in [0.2, 0.25) is 0 Å². The van der Waals surface area contributed by atoms with E-state index in [9.17, 15) is 0 Å². The molecule has 4 aromatic carbocycles. The van der Waals surface area contributed by atoms with Crippen LogP contribution in [0.15, 0.2) is 72.8 Å². The Morgan fingerprint density at radius 1 is 0.389 bits per heavy atom. The van der Waals surface area contributed by atoms with E-state index < -0.39 is 0 Å². The van der Waals surface area contributed by atoms with Gasteiger partial charge in [-0.25, -0.2) is 0 Å². The second-order valence-electron chi connectivity index (χ2n) is 12.3. The van der Waals surface area contributed by atoms with E-state index in [2.05, 4.69) is 114 Å². The van der Waals surface area contributed by atoms with E-state index in [1.54, 1.807) is 33.4 Å². The number of fused-ring (bicyclic) bond motifs is 12. The number of hydrogen-bond donors (Lipinski definition) is 0. The van der Waals surface area contributed by atoms with Crippen molar-refractivity contribution < 1.29 is 0 Å². The van der Waals surface area contributed by atoms with Crippen molar-refractivity contribution in [2.24, 2.45) is 17.8 Å². The van der Waals surface area contributed by atoms with E-state index in [-0.39, 0.29) is 0 Å². The van der Waals surface area contributed by atoms with Crippen LogP contribution in [0.3, 0.4) is 0 Å². The van der Waals surface area contributed by atoms with Gasteiger partial charge < -0.3 is 0 Å². The lowest BCUT2D eigenvalue weighted by molar-refractivity contribution is 0.560. The van der Waals surface area contributed by atoms with Crippen molar-refractivity contribution in [2.45, 2.75) is 59.3 Å². The van der Waals surface area contributed by atoms with E-state index in [4.69, 9.17) is 0 Å². The first kappa shape index (κ1) is 22.1. The average molecular weight is 469 g/mol. The molecular formula is C36H36. The molecule has 0 aliphatic heterocycles. The first-order valence-corrected chi connectivity index (χ1v) is 13.9. The summed E-state index contributed by atoms with van der Waals surface area (Å²) in [6.07, 6.45) is 0. The maximum Gasteiger partial charge on any atom is 0.0131 e. The average Bonchev–Trinajstić information content (AvgIpc) is 3.49. The Kier molecular flexibility index (Phi) is 4.72. The summed E-state index contributed by atoms with van der Waals surface area (Å²) in [4.78, 5) is 0. The summed E-state index contributed by atoms with van der Waals surface area (Å²) in [6, 6.07) is 28.0. The Bertz CT molecular complexity index is 1320. The molecule has 3 aliphatic carbocycles. The predicted molar refractivity (Wildman–Crippen MR) is 153 cm³/mol. The Labute approximate surface area is 216 Å². The second-order valence-corrected chi connectivity index (χ2v) is 12.3. The molecule has 3 aliphatic rings. The lowest BCUT2D eigenvalue weighted by Gasteiger charge is -2.27. The molecule has 0 fully saturated rings. The zero-order chi connectivity index (χ0) is 24.9. The van der Waals surface area contributed by atoms with Gasteiger partial charge in [-0.05, 0) is 84.5 Å². The van der Waals surface area contributed by atoms with E-state index in [1.807, 2.05) is 0 Å². The Morgan fingerprint density at radius 3 is 0.889 bits per heavy atom. The lowest BCUT2D eigenvalue weighted by atomic mass is 9.75. The zero-order valence-electron chi connectivity index (χ0n) is 22.4. The maximum atomic E-state index is 2.42. The van der Waals surface area contributed by atoms with Gasteiger partial charge in [0.25, 0.3) is 0 Å². The monoisotopic (exact) mass is 468 g/mol. The first-order valence-electron chi connectivity index (χ1n) is 13.9. The molecule has 4 aromatic rings.